The fourth-order valence-corrected chi connectivity index (χ4v) is 4.92. The van der Waals surface area contributed by atoms with Gasteiger partial charge in [-0.15, -0.1) is 0 Å². The minimum Gasteiger partial charge on any atom is -0.339 e. The van der Waals surface area contributed by atoms with Crippen molar-refractivity contribution in [1.82, 2.24) is 21.5 Å². The number of halogens is 3. The van der Waals surface area contributed by atoms with Gasteiger partial charge >= 0.3 is 0 Å². The zero-order valence-electron chi connectivity index (χ0n) is 16.6. The Kier molecular flexibility index (Phi) is 7.67. The van der Waals surface area contributed by atoms with Crippen LogP contribution in [0.4, 0.5) is 8.78 Å². The third-order valence-electron chi connectivity index (χ3n) is 5.90. The number of aliphatic imine (C=N–C) groups is 1. The maximum atomic E-state index is 13.7. The van der Waals surface area contributed by atoms with Crippen LogP contribution in [0.5, 0.6) is 0 Å². The second-order valence-corrected chi connectivity index (χ2v) is 10.0. The van der Waals surface area contributed by atoms with E-state index in [9.17, 15) is 13.6 Å². The van der Waals surface area contributed by atoms with Crippen molar-refractivity contribution in [2.24, 2.45) is 22.7 Å². The molecule has 2 aliphatic carbocycles. The summed E-state index contributed by atoms with van der Waals surface area (Å²) >= 11 is 3.72. The number of carbonyl (C=O) groups excluding carboxylic acids is 1. The predicted octanol–water partition coefficient (Wildman–Crippen LogP) is 2.55. The molecular formula is C19H32BrF2N5O. The van der Waals surface area contributed by atoms with Gasteiger partial charge in [0.1, 0.15) is 12.3 Å². The molecule has 9 heteroatoms. The lowest BCUT2D eigenvalue weighted by atomic mass is 9.84. The molecule has 3 aliphatic rings. The number of guanidine groups is 1. The van der Waals surface area contributed by atoms with Crippen LogP contribution < -0.4 is 21.5 Å². The van der Waals surface area contributed by atoms with Gasteiger partial charge in [-0.1, -0.05) is 29.8 Å². The Hall–Kier alpha value is -0.800. The number of nitrogens with one attached hydrogen (secondary N) is 4. The van der Waals surface area contributed by atoms with Gasteiger partial charge in [0, 0.05) is 29.2 Å². The Labute approximate surface area is 174 Å². The number of hydrogen-bond acceptors (Lipinski definition) is 4. The summed E-state index contributed by atoms with van der Waals surface area (Å²) in [6.45, 7) is 4.68. The molecule has 7 unspecified atom stereocenters. The summed E-state index contributed by atoms with van der Waals surface area (Å²) < 4.78 is 27.1. The first kappa shape index (κ1) is 21.9. The highest BCUT2D eigenvalue weighted by molar-refractivity contribution is 9.09. The van der Waals surface area contributed by atoms with E-state index in [1.54, 1.807) is 0 Å². The summed E-state index contributed by atoms with van der Waals surface area (Å²) in [5, 5.41) is 6.18. The van der Waals surface area contributed by atoms with Gasteiger partial charge in [0.2, 0.25) is 5.91 Å². The smallest absolute Gasteiger partial charge is 0.229 e. The lowest BCUT2D eigenvalue weighted by molar-refractivity contribution is -0.125. The first-order valence-corrected chi connectivity index (χ1v) is 11.3. The molecular weight excluding hydrogens is 432 g/mol. The minimum absolute atomic E-state index is 0.0490. The molecule has 3 fully saturated rings. The van der Waals surface area contributed by atoms with Gasteiger partial charge in [-0.3, -0.25) is 20.5 Å². The molecule has 0 bridgehead atoms. The molecule has 3 rings (SSSR count). The molecule has 0 spiro atoms. The van der Waals surface area contributed by atoms with Crippen LogP contribution in [0.1, 0.15) is 52.4 Å². The van der Waals surface area contributed by atoms with Gasteiger partial charge in [0.25, 0.3) is 0 Å². The molecule has 0 radical (unpaired) electrons. The molecule has 0 aromatic heterocycles. The van der Waals surface area contributed by atoms with Crippen molar-refractivity contribution in [3.05, 3.63) is 0 Å². The number of hydrazine groups is 1. The monoisotopic (exact) mass is 463 g/mol. The maximum absolute atomic E-state index is 13.7. The largest absolute Gasteiger partial charge is 0.339 e. The van der Waals surface area contributed by atoms with Crippen LogP contribution in [0, 0.1) is 17.8 Å². The van der Waals surface area contributed by atoms with E-state index in [-0.39, 0.29) is 24.9 Å². The van der Waals surface area contributed by atoms with Crippen molar-refractivity contribution in [3.8, 4) is 0 Å². The highest BCUT2D eigenvalue weighted by atomic mass is 79.9. The van der Waals surface area contributed by atoms with Crippen LogP contribution in [0.3, 0.4) is 0 Å². The van der Waals surface area contributed by atoms with Crippen molar-refractivity contribution in [2.75, 3.05) is 6.54 Å². The Morgan fingerprint density at radius 2 is 1.93 bits per heavy atom. The number of amides is 1. The zero-order chi connectivity index (χ0) is 20.3. The van der Waals surface area contributed by atoms with Gasteiger partial charge in [-0.05, 0) is 44.4 Å². The molecule has 160 valence electrons. The lowest BCUT2D eigenvalue weighted by Crippen LogP contribution is -2.54. The molecule has 28 heavy (non-hydrogen) atoms. The number of carbonyl (C=O) groups is 1. The first-order valence-electron chi connectivity index (χ1n) is 10.4. The number of nitrogens with zero attached hydrogens (tertiary/aromatic N) is 1. The fraction of sp³-hybridized carbons (Fsp3) is 0.895. The highest BCUT2D eigenvalue weighted by Gasteiger charge is 2.40. The average Bonchev–Trinajstić information content (AvgIpc) is 3.03. The maximum Gasteiger partial charge on any atom is 0.229 e. The van der Waals surface area contributed by atoms with E-state index in [2.05, 4.69) is 56.3 Å². The molecule has 1 amide bonds. The van der Waals surface area contributed by atoms with E-state index >= 15 is 0 Å². The predicted molar refractivity (Wildman–Crippen MR) is 109 cm³/mol. The van der Waals surface area contributed by atoms with E-state index < -0.39 is 18.3 Å². The van der Waals surface area contributed by atoms with Crippen LogP contribution in [0.2, 0.25) is 0 Å². The highest BCUT2D eigenvalue weighted by Crippen LogP contribution is 2.33. The number of fused-ring (bicyclic) bond motifs is 1. The van der Waals surface area contributed by atoms with Crippen molar-refractivity contribution >= 4 is 27.8 Å². The Morgan fingerprint density at radius 1 is 1.14 bits per heavy atom. The van der Waals surface area contributed by atoms with Crippen LogP contribution in [0.25, 0.3) is 0 Å². The SMILES string of the molecule is CC(C)CN=C(NC(=O)C1CCC(F)C(F)C1)NC1NNC2CCC(Br)CC21. The van der Waals surface area contributed by atoms with E-state index in [4.69, 9.17) is 0 Å². The number of alkyl halides is 3. The summed E-state index contributed by atoms with van der Waals surface area (Å²) in [5.74, 6) is 0.325. The molecule has 1 saturated heterocycles. The Morgan fingerprint density at radius 3 is 2.64 bits per heavy atom. The third-order valence-corrected chi connectivity index (χ3v) is 6.73. The normalized spacial score (nSPS) is 38.9. The van der Waals surface area contributed by atoms with Crippen molar-refractivity contribution in [1.29, 1.82) is 0 Å². The second-order valence-electron chi connectivity index (χ2n) is 8.71. The summed E-state index contributed by atoms with van der Waals surface area (Å²) in [7, 11) is 0. The van der Waals surface area contributed by atoms with Gasteiger partial charge < -0.3 is 5.32 Å². The standard InChI is InChI=1S/C19H32BrF2N5O/c1-10(2)9-23-19(25-18(28)11-3-5-14(21)15(22)7-11)24-17-13-8-12(20)4-6-16(13)26-27-17/h10-17,26-27H,3-9H2,1-2H3,(H2,23,24,25,28). The Balaban J connectivity index is 1.62. The molecule has 7 atom stereocenters. The average molecular weight is 464 g/mol. The lowest BCUT2D eigenvalue weighted by Gasteiger charge is -2.31. The molecule has 1 heterocycles. The molecule has 6 nitrogen and oxygen atoms in total. The van der Waals surface area contributed by atoms with Crippen LogP contribution in [-0.2, 0) is 4.79 Å². The topological polar surface area (TPSA) is 77.5 Å². The summed E-state index contributed by atoms with van der Waals surface area (Å²) in [4.78, 5) is 17.7. The molecule has 0 aromatic carbocycles. The number of hydrogen-bond donors (Lipinski definition) is 4. The van der Waals surface area contributed by atoms with E-state index in [1.807, 2.05) is 0 Å². The van der Waals surface area contributed by atoms with Crippen molar-refractivity contribution < 1.29 is 13.6 Å². The quantitative estimate of drug-likeness (QED) is 0.293. The summed E-state index contributed by atoms with van der Waals surface area (Å²) in [5.41, 5.74) is 6.61. The van der Waals surface area contributed by atoms with Crippen LogP contribution in [0.15, 0.2) is 4.99 Å². The summed E-state index contributed by atoms with van der Waals surface area (Å²) in [6, 6.07) is 0.389. The van der Waals surface area contributed by atoms with Gasteiger partial charge in [-0.25, -0.2) is 14.2 Å². The molecule has 4 N–H and O–H groups in total. The Bertz CT molecular complexity index is 579. The van der Waals surface area contributed by atoms with E-state index in [0.29, 0.717) is 41.6 Å². The van der Waals surface area contributed by atoms with Gasteiger partial charge in [0.05, 0.1) is 6.17 Å². The van der Waals surface area contributed by atoms with E-state index in [0.717, 1.165) is 19.3 Å². The number of rotatable bonds is 4. The molecule has 2 saturated carbocycles. The van der Waals surface area contributed by atoms with E-state index in [1.165, 1.54) is 0 Å². The third kappa shape index (κ3) is 5.63. The first-order chi connectivity index (χ1) is 13.3. The summed E-state index contributed by atoms with van der Waals surface area (Å²) in [6.07, 6.45) is 0.572. The fourth-order valence-electron chi connectivity index (χ4n) is 4.22. The van der Waals surface area contributed by atoms with Gasteiger partial charge in [-0.2, -0.15) is 0 Å². The van der Waals surface area contributed by atoms with Gasteiger partial charge in [0.15, 0.2) is 5.96 Å². The zero-order valence-corrected chi connectivity index (χ0v) is 18.1. The molecule has 1 aliphatic heterocycles. The van der Waals surface area contributed by atoms with Crippen molar-refractivity contribution in [2.45, 2.75) is 81.8 Å². The second kappa shape index (κ2) is 9.80. The van der Waals surface area contributed by atoms with Crippen molar-refractivity contribution in [3.63, 3.8) is 0 Å². The molecule has 0 aromatic rings. The van der Waals surface area contributed by atoms with Crippen LogP contribution >= 0.6 is 15.9 Å². The van der Waals surface area contributed by atoms with Crippen LogP contribution in [-0.4, -0.2) is 47.8 Å². The minimum atomic E-state index is -1.56.